The van der Waals surface area contributed by atoms with Crippen molar-refractivity contribution in [2.45, 2.75) is 13.0 Å². The molecule has 2 rings (SSSR count). The standard InChI is InChI=1S/C17H16Cl3NO3/c1-10(11-5-3-4-6-15(11)23-2)21-17(22)9-24-16-8-13(19)12(18)7-14(16)20/h3-8,10H,9H2,1-2H3,(H,21,22). The van der Waals surface area contributed by atoms with Crippen LogP contribution in [0.1, 0.15) is 18.5 Å². The second-order valence-corrected chi connectivity index (χ2v) is 6.24. The Morgan fingerprint density at radius 1 is 1.08 bits per heavy atom. The van der Waals surface area contributed by atoms with Gasteiger partial charge in [-0.25, -0.2) is 0 Å². The molecule has 0 aliphatic carbocycles. The van der Waals surface area contributed by atoms with Gasteiger partial charge in [-0.1, -0.05) is 53.0 Å². The second kappa shape index (κ2) is 8.47. The minimum absolute atomic E-state index is 0.197. The summed E-state index contributed by atoms with van der Waals surface area (Å²) in [5.41, 5.74) is 0.876. The summed E-state index contributed by atoms with van der Waals surface area (Å²) in [6.45, 7) is 1.67. The Morgan fingerprint density at radius 3 is 2.46 bits per heavy atom. The summed E-state index contributed by atoms with van der Waals surface area (Å²) in [6, 6.07) is 10.2. The first-order chi connectivity index (χ1) is 11.4. The van der Waals surface area contributed by atoms with Crippen molar-refractivity contribution in [3.63, 3.8) is 0 Å². The minimum atomic E-state index is -0.296. The molecule has 0 radical (unpaired) electrons. The van der Waals surface area contributed by atoms with Crippen molar-refractivity contribution >= 4 is 40.7 Å². The number of carbonyl (C=O) groups is 1. The Labute approximate surface area is 155 Å². The highest BCUT2D eigenvalue weighted by molar-refractivity contribution is 6.43. The van der Waals surface area contributed by atoms with E-state index in [1.807, 2.05) is 31.2 Å². The number of hydrogen-bond donors (Lipinski definition) is 1. The van der Waals surface area contributed by atoms with Crippen LogP contribution in [0.3, 0.4) is 0 Å². The van der Waals surface area contributed by atoms with E-state index >= 15 is 0 Å². The average molecular weight is 389 g/mol. The summed E-state index contributed by atoms with van der Waals surface area (Å²) in [5.74, 6) is 0.709. The molecular weight excluding hydrogens is 373 g/mol. The lowest BCUT2D eigenvalue weighted by Crippen LogP contribution is -2.31. The molecule has 1 unspecified atom stereocenters. The van der Waals surface area contributed by atoms with Gasteiger partial charge in [-0.3, -0.25) is 4.79 Å². The summed E-state index contributed by atoms with van der Waals surface area (Å²) in [6.07, 6.45) is 0. The number of ether oxygens (including phenoxy) is 2. The smallest absolute Gasteiger partial charge is 0.258 e. The van der Waals surface area contributed by atoms with E-state index in [1.54, 1.807) is 7.11 Å². The number of para-hydroxylation sites is 1. The largest absolute Gasteiger partial charge is 0.496 e. The van der Waals surface area contributed by atoms with Gasteiger partial charge in [0.05, 0.1) is 28.2 Å². The van der Waals surface area contributed by atoms with Crippen LogP contribution in [0.5, 0.6) is 11.5 Å². The molecule has 0 aliphatic heterocycles. The maximum absolute atomic E-state index is 12.1. The normalized spacial score (nSPS) is 11.7. The van der Waals surface area contributed by atoms with Crippen molar-refractivity contribution in [3.05, 3.63) is 57.0 Å². The summed E-state index contributed by atoms with van der Waals surface area (Å²) < 4.78 is 10.7. The lowest BCUT2D eigenvalue weighted by Gasteiger charge is -2.17. The van der Waals surface area contributed by atoms with Crippen molar-refractivity contribution in [2.24, 2.45) is 0 Å². The van der Waals surface area contributed by atoms with Gasteiger partial charge >= 0.3 is 0 Å². The van der Waals surface area contributed by atoms with Gasteiger partial charge in [-0.05, 0) is 19.1 Å². The molecule has 2 aromatic rings. The van der Waals surface area contributed by atoms with E-state index in [0.29, 0.717) is 21.5 Å². The molecule has 7 heteroatoms. The van der Waals surface area contributed by atoms with Gasteiger partial charge in [0.2, 0.25) is 0 Å². The highest BCUT2D eigenvalue weighted by Crippen LogP contribution is 2.33. The fraction of sp³-hybridized carbons (Fsp3) is 0.235. The molecule has 0 aromatic heterocycles. The lowest BCUT2D eigenvalue weighted by molar-refractivity contribution is -0.123. The topological polar surface area (TPSA) is 47.6 Å². The molecule has 0 heterocycles. The van der Waals surface area contributed by atoms with Crippen LogP contribution in [0.2, 0.25) is 15.1 Å². The monoisotopic (exact) mass is 387 g/mol. The molecule has 1 N–H and O–H groups in total. The zero-order valence-electron chi connectivity index (χ0n) is 13.1. The Kier molecular flexibility index (Phi) is 6.60. The minimum Gasteiger partial charge on any atom is -0.496 e. The summed E-state index contributed by atoms with van der Waals surface area (Å²) in [4.78, 5) is 12.1. The van der Waals surface area contributed by atoms with E-state index < -0.39 is 0 Å². The van der Waals surface area contributed by atoms with Crippen LogP contribution in [0, 0.1) is 0 Å². The maximum Gasteiger partial charge on any atom is 0.258 e. The van der Waals surface area contributed by atoms with Gasteiger partial charge in [-0.2, -0.15) is 0 Å². The first kappa shape index (κ1) is 18.7. The first-order valence-electron chi connectivity index (χ1n) is 7.12. The van der Waals surface area contributed by atoms with E-state index in [-0.39, 0.29) is 23.6 Å². The Morgan fingerprint density at radius 2 is 1.75 bits per heavy atom. The van der Waals surface area contributed by atoms with Crippen LogP contribution in [0.4, 0.5) is 0 Å². The predicted molar refractivity (Wildman–Crippen MR) is 96.5 cm³/mol. The van der Waals surface area contributed by atoms with Crippen LogP contribution >= 0.6 is 34.8 Å². The number of benzene rings is 2. The Hall–Kier alpha value is -1.62. The van der Waals surface area contributed by atoms with Gasteiger partial charge in [-0.15, -0.1) is 0 Å². The molecule has 1 atom stereocenters. The molecule has 0 spiro atoms. The lowest BCUT2D eigenvalue weighted by atomic mass is 10.1. The van der Waals surface area contributed by atoms with Gasteiger partial charge in [0.1, 0.15) is 11.5 Å². The SMILES string of the molecule is COc1ccccc1C(C)NC(=O)COc1cc(Cl)c(Cl)cc1Cl. The molecule has 24 heavy (non-hydrogen) atoms. The second-order valence-electron chi connectivity index (χ2n) is 5.02. The zero-order chi connectivity index (χ0) is 17.7. The molecule has 0 saturated heterocycles. The van der Waals surface area contributed by atoms with Gasteiger partial charge in [0, 0.05) is 11.6 Å². The molecule has 0 bridgehead atoms. The van der Waals surface area contributed by atoms with Crippen molar-refractivity contribution in [1.82, 2.24) is 5.32 Å². The number of amides is 1. The highest BCUT2D eigenvalue weighted by atomic mass is 35.5. The van der Waals surface area contributed by atoms with E-state index in [9.17, 15) is 4.79 Å². The number of carbonyl (C=O) groups excluding carboxylic acids is 1. The fourth-order valence-corrected chi connectivity index (χ4v) is 2.73. The van der Waals surface area contributed by atoms with Crippen LogP contribution < -0.4 is 14.8 Å². The van der Waals surface area contributed by atoms with Gasteiger partial charge in [0.15, 0.2) is 6.61 Å². The van der Waals surface area contributed by atoms with Crippen LogP contribution in [0.25, 0.3) is 0 Å². The van der Waals surface area contributed by atoms with Crippen molar-refractivity contribution < 1.29 is 14.3 Å². The molecule has 2 aromatic carbocycles. The Bertz CT molecular complexity index is 737. The first-order valence-corrected chi connectivity index (χ1v) is 8.25. The van der Waals surface area contributed by atoms with Gasteiger partial charge in [0.25, 0.3) is 5.91 Å². The van der Waals surface area contributed by atoms with Crippen LogP contribution in [-0.2, 0) is 4.79 Å². The Balaban J connectivity index is 1.97. The number of nitrogens with one attached hydrogen (secondary N) is 1. The molecule has 1 amide bonds. The average Bonchev–Trinajstić information content (AvgIpc) is 2.56. The fourth-order valence-electron chi connectivity index (χ4n) is 2.14. The summed E-state index contributed by atoms with van der Waals surface area (Å²) >= 11 is 17.8. The zero-order valence-corrected chi connectivity index (χ0v) is 15.4. The van der Waals surface area contributed by atoms with Gasteiger partial charge < -0.3 is 14.8 Å². The molecule has 128 valence electrons. The van der Waals surface area contributed by atoms with Crippen molar-refractivity contribution in [2.75, 3.05) is 13.7 Å². The molecular formula is C17H16Cl3NO3. The number of halogens is 3. The number of hydrogen-bond acceptors (Lipinski definition) is 3. The number of rotatable bonds is 6. The van der Waals surface area contributed by atoms with Crippen LogP contribution in [-0.4, -0.2) is 19.6 Å². The molecule has 0 saturated carbocycles. The van der Waals surface area contributed by atoms with E-state index in [4.69, 9.17) is 44.3 Å². The predicted octanol–water partition coefficient (Wildman–Crippen LogP) is 4.91. The van der Waals surface area contributed by atoms with E-state index in [0.717, 1.165) is 5.56 Å². The third kappa shape index (κ3) is 4.69. The summed E-state index contributed by atoms with van der Waals surface area (Å²) in [7, 11) is 1.59. The van der Waals surface area contributed by atoms with Crippen molar-refractivity contribution in [1.29, 1.82) is 0 Å². The maximum atomic E-state index is 12.1. The number of methoxy groups -OCH3 is 1. The summed E-state index contributed by atoms with van der Waals surface area (Å²) in [5, 5.41) is 3.75. The van der Waals surface area contributed by atoms with Crippen molar-refractivity contribution in [3.8, 4) is 11.5 Å². The van der Waals surface area contributed by atoms with Crippen LogP contribution in [0.15, 0.2) is 36.4 Å². The van der Waals surface area contributed by atoms with E-state index in [1.165, 1.54) is 12.1 Å². The third-order valence-electron chi connectivity index (χ3n) is 3.32. The third-order valence-corrected chi connectivity index (χ3v) is 4.33. The molecule has 4 nitrogen and oxygen atoms in total. The molecule has 0 aliphatic rings. The van der Waals surface area contributed by atoms with E-state index in [2.05, 4.69) is 5.32 Å². The quantitative estimate of drug-likeness (QED) is 0.715. The molecule has 0 fully saturated rings. The highest BCUT2D eigenvalue weighted by Gasteiger charge is 2.15.